The molecule has 0 fully saturated rings. The average molecular weight is 1230 g/mol. The van der Waals surface area contributed by atoms with Gasteiger partial charge in [0.1, 0.15) is 19.3 Å². The number of esters is 4. The van der Waals surface area contributed by atoms with Crippen molar-refractivity contribution in [2.24, 2.45) is 11.8 Å². The van der Waals surface area contributed by atoms with Crippen molar-refractivity contribution in [3.05, 3.63) is 0 Å². The van der Waals surface area contributed by atoms with Crippen molar-refractivity contribution in [2.75, 3.05) is 39.6 Å². The minimum absolute atomic E-state index is 0.105. The molecule has 0 spiro atoms. The molecule has 0 aliphatic carbocycles. The van der Waals surface area contributed by atoms with Crippen molar-refractivity contribution < 1.29 is 80.2 Å². The third kappa shape index (κ3) is 57.6. The van der Waals surface area contributed by atoms with Gasteiger partial charge in [-0.3, -0.25) is 37.3 Å². The zero-order valence-corrected chi connectivity index (χ0v) is 55.3. The highest BCUT2D eigenvalue weighted by molar-refractivity contribution is 7.47. The molecule has 0 radical (unpaired) electrons. The molecular formula is C64H124O17P2. The van der Waals surface area contributed by atoms with E-state index in [-0.39, 0.29) is 25.7 Å². The monoisotopic (exact) mass is 1230 g/mol. The molecule has 0 aromatic rings. The molecule has 0 aromatic heterocycles. The molecule has 0 saturated carbocycles. The van der Waals surface area contributed by atoms with Gasteiger partial charge in [-0.2, -0.15) is 0 Å². The van der Waals surface area contributed by atoms with E-state index in [9.17, 15) is 43.2 Å². The van der Waals surface area contributed by atoms with E-state index in [1.165, 1.54) is 122 Å². The minimum Gasteiger partial charge on any atom is -0.462 e. The van der Waals surface area contributed by atoms with Crippen molar-refractivity contribution in [1.82, 2.24) is 0 Å². The van der Waals surface area contributed by atoms with Crippen molar-refractivity contribution >= 4 is 39.5 Å². The van der Waals surface area contributed by atoms with Crippen LogP contribution in [-0.2, 0) is 65.4 Å². The minimum atomic E-state index is -4.94. The Morgan fingerprint density at radius 1 is 0.349 bits per heavy atom. The SMILES string of the molecule is CCCCCCCCCCCC(=O)O[C@H](COC(=O)CCCCCCCCC)COP(=O)(O)OC[C@H](O)COP(=O)(O)OC[C@@H](COC(=O)CCCCCCCCCCCCC(C)C)OC(=O)CCCCCCCCCCCCC(C)CC. The summed E-state index contributed by atoms with van der Waals surface area (Å²) < 4.78 is 67.9. The molecule has 0 saturated heterocycles. The molecule has 492 valence electrons. The van der Waals surface area contributed by atoms with E-state index in [2.05, 4.69) is 41.5 Å². The van der Waals surface area contributed by atoms with Gasteiger partial charge in [0, 0.05) is 25.7 Å². The highest BCUT2D eigenvalue weighted by Gasteiger charge is 2.30. The van der Waals surface area contributed by atoms with Crippen LogP contribution in [0.4, 0.5) is 0 Å². The smallest absolute Gasteiger partial charge is 0.462 e. The van der Waals surface area contributed by atoms with Crippen LogP contribution in [0.1, 0.15) is 318 Å². The van der Waals surface area contributed by atoms with Crippen LogP contribution in [0.15, 0.2) is 0 Å². The van der Waals surface area contributed by atoms with E-state index in [4.69, 9.17) is 37.0 Å². The molecule has 6 atom stereocenters. The number of hydrogen-bond donors (Lipinski definition) is 3. The van der Waals surface area contributed by atoms with Crippen LogP contribution in [0, 0.1) is 11.8 Å². The first-order valence-electron chi connectivity index (χ1n) is 33.5. The van der Waals surface area contributed by atoms with Gasteiger partial charge in [-0.15, -0.1) is 0 Å². The van der Waals surface area contributed by atoms with Gasteiger partial charge in [-0.05, 0) is 37.5 Å². The predicted molar refractivity (Wildman–Crippen MR) is 331 cm³/mol. The van der Waals surface area contributed by atoms with Gasteiger partial charge in [0.25, 0.3) is 0 Å². The molecule has 3 unspecified atom stereocenters. The lowest BCUT2D eigenvalue weighted by Gasteiger charge is -2.21. The Kier molecular flexibility index (Phi) is 55.2. The fraction of sp³-hybridized carbons (Fsp3) is 0.938. The first kappa shape index (κ1) is 81.1. The number of unbranched alkanes of at least 4 members (excludes halogenated alkanes) is 32. The lowest BCUT2D eigenvalue weighted by molar-refractivity contribution is -0.161. The summed E-state index contributed by atoms with van der Waals surface area (Å²) in [6.45, 7) is 9.46. The molecule has 0 bridgehead atoms. The summed E-state index contributed by atoms with van der Waals surface area (Å²) in [5.74, 6) is -0.577. The molecule has 83 heavy (non-hydrogen) atoms. The first-order valence-corrected chi connectivity index (χ1v) is 36.5. The van der Waals surface area contributed by atoms with Crippen LogP contribution in [0.3, 0.4) is 0 Å². The van der Waals surface area contributed by atoms with Gasteiger partial charge < -0.3 is 33.8 Å². The van der Waals surface area contributed by atoms with Crippen LogP contribution in [0.25, 0.3) is 0 Å². The van der Waals surface area contributed by atoms with Crippen molar-refractivity contribution in [2.45, 2.75) is 336 Å². The Hall–Kier alpha value is -1.94. The van der Waals surface area contributed by atoms with Crippen molar-refractivity contribution in [3.8, 4) is 0 Å². The van der Waals surface area contributed by atoms with Crippen molar-refractivity contribution in [3.63, 3.8) is 0 Å². The summed E-state index contributed by atoms with van der Waals surface area (Å²) >= 11 is 0. The molecule has 17 nitrogen and oxygen atoms in total. The maximum atomic E-state index is 13.0. The Labute approximate surface area is 505 Å². The van der Waals surface area contributed by atoms with Crippen molar-refractivity contribution in [1.29, 1.82) is 0 Å². The van der Waals surface area contributed by atoms with E-state index in [0.717, 1.165) is 115 Å². The Morgan fingerprint density at radius 2 is 0.614 bits per heavy atom. The van der Waals surface area contributed by atoms with E-state index < -0.39 is 97.5 Å². The van der Waals surface area contributed by atoms with Crippen LogP contribution in [-0.4, -0.2) is 96.7 Å². The fourth-order valence-electron chi connectivity index (χ4n) is 9.50. The molecule has 0 aromatic carbocycles. The van der Waals surface area contributed by atoms with Gasteiger partial charge in [-0.25, -0.2) is 9.13 Å². The maximum absolute atomic E-state index is 13.0. The van der Waals surface area contributed by atoms with Crippen LogP contribution in [0.2, 0.25) is 0 Å². The molecule has 0 rings (SSSR count). The van der Waals surface area contributed by atoms with Gasteiger partial charge in [0.15, 0.2) is 12.2 Å². The number of carbonyl (C=O) groups is 4. The fourth-order valence-corrected chi connectivity index (χ4v) is 11.1. The summed E-state index contributed by atoms with van der Waals surface area (Å²) in [4.78, 5) is 72.1. The Balaban J connectivity index is 5.22. The van der Waals surface area contributed by atoms with Crippen LogP contribution < -0.4 is 0 Å². The van der Waals surface area contributed by atoms with E-state index in [0.29, 0.717) is 25.7 Å². The van der Waals surface area contributed by atoms with E-state index >= 15 is 0 Å². The average Bonchev–Trinajstić information content (AvgIpc) is 3.45. The summed E-state index contributed by atoms with van der Waals surface area (Å²) in [6.07, 6.45) is 38.9. The molecule has 19 heteroatoms. The number of ether oxygens (including phenoxy) is 4. The number of phosphoric ester groups is 2. The Bertz CT molecular complexity index is 1630. The standard InChI is InChI=1S/C64H124O17P2/c1-7-10-12-14-16-21-30-36-42-48-63(68)80-59(52-74-61(66)46-40-34-26-15-13-11-8-2)54-78-82(70,71)76-50-58(65)51-77-83(72,73)79-55-60(53-75-62(67)47-41-35-29-24-19-17-22-27-32-38-44-56(4)5)81-64(69)49-43-37-31-25-20-18-23-28-33-39-45-57(6)9-3/h56-60,65H,7-55H2,1-6H3,(H,70,71)(H,72,73)/t57?,58-,59+,60+/m0/s1. The zero-order valence-electron chi connectivity index (χ0n) is 53.5. The Morgan fingerprint density at radius 3 is 0.916 bits per heavy atom. The number of aliphatic hydroxyl groups excluding tert-OH is 1. The second kappa shape index (κ2) is 56.6. The van der Waals surface area contributed by atoms with E-state index in [1.54, 1.807) is 0 Å². The molecule has 0 aliphatic rings. The topological polar surface area (TPSA) is 237 Å². The van der Waals surface area contributed by atoms with Crippen LogP contribution in [0.5, 0.6) is 0 Å². The zero-order chi connectivity index (χ0) is 61.5. The number of phosphoric acid groups is 2. The largest absolute Gasteiger partial charge is 0.472 e. The van der Waals surface area contributed by atoms with E-state index in [1.807, 2.05) is 0 Å². The number of hydrogen-bond acceptors (Lipinski definition) is 15. The highest BCUT2D eigenvalue weighted by Crippen LogP contribution is 2.45. The van der Waals surface area contributed by atoms with Gasteiger partial charge >= 0.3 is 39.5 Å². The van der Waals surface area contributed by atoms with Gasteiger partial charge in [0.2, 0.25) is 0 Å². The summed E-state index contributed by atoms with van der Waals surface area (Å²) in [5, 5.41) is 10.5. The molecule has 0 aliphatic heterocycles. The third-order valence-electron chi connectivity index (χ3n) is 15.1. The molecule has 0 amide bonds. The quantitative estimate of drug-likeness (QED) is 0.0222. The summed E-state index contributed by atoms with van der Waals surface area (Å²) in [5.41, 5.74) is 0. The summed E-state index contributed by atoms with van der Waals surface area (Å²) in [7, 11) is -9.88. The normalized spacial score (nSPS) is 14.6. The highest BCUT2D eigenvalue weighted by atomic mass is 31.2. The summed E-state index contributed by atoms with van der Waals surface area (Å²) in [6, 6.07) is 0. The first-order chi connectivity index (χ1) is 39.9. The lowest BCUT2D eigenvalue weighted by atomic mass is 9.99. The van der Waals surface area contributed by atoms with Gasteiger partial charge in [0.05, 0.1) is 26.4 Å². The number of rotatable bonds is 63. The molecule has 0 heterocycles. The van der Waals surface area contributed by atoms with Gasteiger partial charge in [-0.1, -0.05) is 266 Å². The predicted octanol–water partition coefficient (Wildman–Crippen LogP) is 17.7. The molecular weight excluding hydrogens is 1100 g/mol. The second-order valence-corrected chi connectivity index (χ2v) is 26.8. The second-order valence-electron chi connectivity index (χ2n) is 23.9. The molecule has 3 N–H and O–H groups in total. The number of aliphatic hydroxyl groups is 1. The van der Waals surface area contributed by atoms with Crippen LogP contribution >= 0.6 is 15.6 Å². The number of carbonyl (C=O) groups excluding carboxylic acids is 4. The lowest BCUT2D eigenvalue weighted by Crippen LogP contribution is -2.30. The maximum Gasteiger partial charge on any atom is 0.472 e. The third-order valence-corrected chi connectivity index (χ3v) is 17.0.